The number of hydrogen-bond acceptors (Lipinski definition) is 3. The zero-order valence-corrected chi connectivity index (χ0v) is 13.2. The molecule has 108 valence electrons. The van der Waals surface area contributed by atoms with Crippen LogP contribution in [0.2, 0.25) is 0 Å². The van der Waals surface area contributed by atoms with Gasteiger partial charge in [0, 0.05) is 10.2 Å². The van der Waals surface area contributed by atoms with Crippen molar-refractivity contribution >= 4 is 27.6 Å². The van der Waals surface area contributed by atoms with Crippen molar-refractivity contribution in [1.82, 2.24) is 14.8 Å². The molecule has 0 unspecified atom stereocenters. The van der Waals surface area contributed by atoms with Crippen LogP contribution in [0.5, 0.6) is 0 Å². The average Bonchev–Trinajstić information content (AvgIpc) is 3.03. The van der Waals surface area contributed by atoms with Crippen LogP contribution < -0.4 is 5.32 Å². The lowest BCUT2D eigenvalue weighted by Crippen LogP contribution is -2.20. The summed E-state index contributed by atoms with van der Waals surface area (Å²) in [5.41, 5.74) is 3.35. The molecule has 1 atom stereocenters. The number of rotatable bonds is 2. The molecular weight excluding hydrogens is 340 g/mol. The molecule has 0 spiro atoms. The second-order valence-corrected chi connectivity index (χ2v) is 6.02. The topological polar surface area (TPSA) is 42.7 Å². The molecule has 4 nitrogen and oxygen atoms in total. The van der Waals surface area contributed by atoms with Gasteiger partial charge in [-0.1, -0.05) is 58.4 Å². The van der Waals surface area contributed by atoms with E-state index in [4.69, 9.17) is 0 Å². The molecule has 22 heavy (non-hydrogen) atoms. The number of allylic oxidation sites excluding steroid dienone is 1. The summed E-state index contributed by atoms with van der Waals surface area (Å²) in [6.45, 7) is 0. The molecule has 2 heterocycles. The SMILES string of the molecule is Brc1cccc([C@@H]2C=C(c3ccccc3)Nc3ncnn32)c1. The van der Waals surface area contributed by atoms with Gasteiger partial charge < -0.3 is 5.32 Å². The van der Waals surface area contributed by atoms with Gasteiger partial charge in [-0.25, -0.2) is 4.68 Å². The quantitative estimate of drug-likeness (QED) is 0.754. The number of hydrogen-bond donors (Lipinski definition) is 1. The first-order chi connectivity index (χ1) is 10.8. The summed E-state index contributed by atoms with van der Waals surface area (Å²) in [6.07, 6.45) is 3.76. The summed E-state index contributed by atoms with van der Waals surface area (Å²) >= 11 is 3.54. The predicted molar refractivity (Wildman–Crippen MR) is 90.3 cm³/mol. The Balaban J connectivity index is 1.83. The van der Waals surface area contributed by atoms with Crippen molar-refractivity contribution in [2.24, 2.45) is 0 Å². The molecule has 1 aromatic heterocycles. The average molecular weight is 353 g/mol. The van der Waals surface area contributed by atoms with Crippen LogP contribution in [0.1, 0.15) is 17.2 Å². The maximum absolute atomic E-state index is 4.36. The number of aromatic nitrogens is 3. The predicted octanol–water partition coefficient (Wildman–Crippen LogP) is 4.10. The molecule has 0 amide bonds. The normalized spacial score (nSPS) is 16.6. The monoisotopic (exact) mass is 352 g/mol. The van der Waals surface area contributed by atoms with Crippen LogP contribution in [0, 0.1) is 0 Å². The molecular formula is C17H13BrN4. The van der Waals surface area contributed by atoms with E-state index in [0.29, 0.717) is 0 Å². The highest BCUT2D eigenvalue weighted by Crippen LogP contribution is 2.32. The van der Waals surface area contributed by atoms with E-state index in [1.54, 1.807) is 6.33 Å². The van der Waals surface area contributed by atoms with Crippen molar-refractivity contribution in [2.45, 2.75) is 6.04 Å². The Kier molecular flexibility index (Phi) is 3.27. The third kappa shape index (κ3) is 2.33. The zero-order valence-electron chi connectivity index (χ0n) is 11.6. The Bertz CT molecular complexity index is 839. The molecule has 5 heteroatoms. The Morgan fingerprint density at radius 1 is 1.05 bits per heavy atom. The molecule has 4 rings (SSSR count). The molecule has 0 bridgehead atoms. The summed E-state index contributed by atoms with van der Waals surface area (Å²) < 4.78 is 2.95. The van der Waals surface area contributed by atoms with E-state index in [-0.39, 0.29) is 6.04 Å². The highest BCUT2D eigenvalue weighted by molar-refractivity contribution is 9.10. The van der Waals surface area contributed by atoms with Crippen LogP contribution in [0.25, 0.3) is 5.70 Å². The molecule has 3 aromatic rings. The Labute approximate surface area is 136 Å². The summed E-state index contributed by atoms with van der Waals surface area (Å²) in [5.74, 6) is 0.756. The highest BCUT2D eigenvalue weighted by atomic mass is 79.9. The van der Waals surface area contributed by atoms with Crippen molar-refractivity contribution in [2.75, 3.05) is 5.32 Å². The third-order valence-corrected chi connectivity index (χ3v) is 4.18. The van der Waals surface area contributed by atoms with Crippen molar-refractivity contribution in [1.29, 1.82) is 0 Å². The summed E-state index contributed by atoms with van der Waals surface area (Å²) in [4.78, 5) is 4.32. The highest BCUT2D eigenvalue weighted by Gasteiger charge is 2.23. The van der Waals surface area contributed by atoms with E-state index < -0.39 is 0 Å². The molecule has 0 fully saturated rings. The Morgan fingerprint density at radius 3 is 2.73 bits per heavy atom. The van der Waals surface area contributed by atoms with E-state index in [0.717, 1.165) is 27.2 Å². The third-order valence-electron chi connectivity index (χ3n) is 3.68. The fraction of sp³-hybridized carbons (Fsp3) is 0.0588. The number of benzene rings is 2. The molecule has 2 aromatic carbocycles. The maximum atomic E-state index is 4.36. The van der Waals surface area contributed by atoms with Crippen LogP contribution >= 0.6 is 15.9 Å². The standard InChI is InChI=1S/C17H13BrN4/c18-14-8-4-7-13(9-14)16-10-15(12-5-2-1-3-6-12)21-17-19-11-20-22(16)17/h1-11,16H,(H,19,20,21)/t16-/m0/s1. The van der Waals surface area contributed by atoms with Gasteiger partial charge in [0.15, 0.2) is 0 Å². The molecule has 0 saturated heterocycles. The van der Waals surface area contributed by atoms with Gasteiger partial charge in [0.25, 0.3) is 0 Å². The fourth-order valence-electron chi connectivity index (χ4n) is 2.65. The number of nitrogens with one attached hydrogen (secondary N) is 1. The van der Waals surface area contributed by atoms with Gasteiger partial charge in [-0.15, -0.1) is 0 Å². The molecule has 1 aliphatic rings. The molecule has 0 saturated carbocycles. The van der Waals surface area contributed by atoms with Gasteiger partial charge in [0.2, 0.25) is 5.95 Å². The lowest BCUT2D eigenvalue weighted by atomic mass is 10.0. The lowest BCUT2D eigenvalue weighted by molar-refractivity contribution is 0.611. The Hall–Kier alpha value is -2.40. The second-order valence-electron chi connectivity index (χ2n) is 5.10. The van der Waals surface area contributed by atoms with Crippen LogP contribution in [0.15, 0.2) is 71.5 Å². The molecule has 0 aliphatic carbocycles. The van der Waals surface area contributed by atoms with Gasteiger partial charge in [-0.05, 0) is 29.3 Å². The first-order valence-electron chi connectivity index (χ1n) is 7.00. The largest absolute Gasteiger partial charge is 0.324 e. The smallest absolute Gasteiger partial charge is 0.226 e. The van der Waals surface area contributed by atoms with Crippen molar-refractivity contribution in [3.63, 3.8) is 0 Å². The van der Waals surface area contributed by atoms with E-state index in [1.165, 1.54) is 0 Å². The van der Waals surface area contributed by atoms with Gasteiger partial charge in [0.05, 0.1) is 0 Å². The minimum atomic E-state index is 0.0199. The first-order valence-corrected chi connectivity index (χ1v) is 7.80. The van der Waals surface area contributed by atoms with Crippen molar-refractivity contribution < 1.29 is 0 Å². The minimum absolute atomic E-state index is 0.0199. The van der Waals surface area contributed by atoms with E-state index >= 15 is 0 Å². The first kappa shape index (κ1) is 13.3. The van der Waals surface area contributed by atoms with Crippen LogP contribution in [-0.4, -0.2) is 14.8 Å². The fourth-order valence-corrected chi connectivity index (χ4v) is 3.06. The Morgan fingerprint density at radius 2 is 1.91 bits per heavy atom. The second kappa shape index (κ2) is 5.42. The van der Waals surface area contributed by atoms with Gasteiger partial charge >= 0.3 is 0 Å². The number of halogens is 1. The maximum Gasteiger partial charge on any atom is 0.226 e. The minimum Gasteiger partial charge on any atom is -0.324 e. The van der Waals surface area contributed by atoms with Crippen LogP contribution in [-0.2, 0) is 0 Å². The van der Waals surface area contributed by atoms with E-state index in [9.17, 15) is 0 Å². The van der Waals surface area contributed by atoms with Crippen LogP contribution in [0.4, 0.5) is 5.95 Å². The van der Waals surface area contributed by atoms with Crippen molar-refractivity contribution in [3.8, 4) is 0 Å². The van der Waals surface area contributed by atoms with Gasteiger partial charge in [-0.3, -0.25) is 0 Å². The number of fused-ring (bicyclic) bond motifs is 1. The molecule has 1 aliphatic heterocycles. The summed E-state index contributed by atoms with van der Waals surface area (Å²) in [5, 5.41) is 7.70. The van der Waals surface area contributed by atoms with Crippen molar-refractivity contribution in [3.05, 3.63) is 82.6 Å². The number of nitrogens with zero attached hydrogens (tertiary/aromatic N) is 3. The molecule has 0 radical (unpaired) electrons. The zero-order chi connectivity index (χ0) is 14.9. The lowest BCUT2D eigenvalue weighted by Gasteiger charge is -2.24. The van der Waals surface area contributed by atoms with Gasteiger partial charge in [-0.2, -0.15) is 10.1 Å². The molecule has 1 N–H and O–H groups in total. The number of anilines is 1. The summed E-state index contributed by atoms with van der Waals surface area (Å²) in [6, 6.07) is 18.5. The summed E-state index contributed by atoms with van der Waals surface area (Å²) in [7, 11) is 0. The van der Waals surface area contributed by atoms with Gasteiger partial charge in [0.1, 0.15) is 12.4 Å². The van der Waals surface area contributed by atoms with E-state index in [1.807, 2.05) is 35.0 Å². The van der Waals surface area contributed by atoms with Crippen LogP contribution in [0.3, 0.4) is 0 Å². The van der Waals surface area contributed by atoms with E-state index in [2.05, 4.69) is 61.7 Å².